The van der Waals surface area contributed by atoms with E-state index in [1.165, 1.54) is 32.5 Å². The summed E-state index contributed by atoms with van der Waals surface area (Å²) < 4.78 is 6.25. The van der Waals surface area contributed by atoms with Crippen molar-refractivity contribution >= 4 is 40.0 Å². The number of benzene rings is 2. The van der Waals surface area contributed by atoms with Crippen LogP contribution in [-0.2, 0) is 16.0 Å². The molecule has 13 heteroatoms. The number of piperazine rings is 1. The van der Waals surface area contributed by atoms with Crippen LogP contribution in [0.3, 0.4) is 0 Å². The Morgan fingerprint density at radius 1 is 0.847 bits per heavy atom. The summed E-state index contributed by atoms with van der Waals surface area (Å²) in [6.45, 7) is 14.1. The van der Waals surface area contributed by atoms with Crippen LogP contribution < -0.4 is 19.9 Å². The lowest BCUT2D eigenvalue weighted by Crippen LogP contribution is -2.54. The van der Waals surface area contributed by atoms with Crippen LogP contribution in [0.15, 0.2) is 48.8 Å². The van der Waals surface area contributed by atoms with Gasteiger partial charge in [-0.05, 0) is 120 Å². The van der Waals surface area contributed by atoms with Crippen molar-refractivity contribution < 1.29 is 19.1 Å². The van der Waals surface area contributed by atoms with Crippen LogP contribution >= 0.6 is 0 Å². The second-order valence-electron chi connectivity index (χ2n) is 18.6. The predicted molar refractivity (Wildman–Crippen MR) is 227 cm³/mol. The molecular weight excluding hydrogens is 743 g/mol. The molecule has 13 nitrogen and oxygen atoms in total. The molecule has 0 spiro atoms. The van der Waals surface area contributed by atoms with Gasteiger partial charge in [0.2, 0.25) is 11.8 Å². The van der Waals surface area contributed by atoms with Gasteiger partial charge in [0.05, 0.1) is 16.9 Å². The second-order valence-corrected chi connectivity index (χ2v) is 18.6. The fourth-order valence-corrected chi connectivity index (χ4v) is 10.6. The smallest absolute Gasteiger partial charge is 0.230 e. The molecule has 4 aliphatic heterocycles. The van der Waals surface area contributed by atoms with E-state index in [0.29, 0.717) is 31.2 Å². The maximum absolute atomic E-state index is 13.5. The minimum absolute atomic E-state index is 0.0392. The quantitative estimate of drug-likeness (QED) is 0.197. The van der Waals surface area contributed by atoms with Crippen LogP contribution in [-0.4, -0.2) is 118 Å². The van der Waals surface area contributed by atoms with Crippen molar-refractivity contribution in [3.05, 3.63) is 59.9 Å². The molecule has 10 rings (SSSR count). The fourth-order valence-electron chi connectivity index (χ4n) is 10.6. The predicted octanol–water partition coefficient (Wildman–Crippen LogP) is 5.50. The number of nitrogens with zero attached hydrogens (tertiary/aromatic N) is 7. The first-order valence-corrected chi connectivity index (χ1v) is 22.1. The summed E-state index contributed by atoms with van der Waals surface area (Å²) >= 11 is 0. The van der Waals surface area contributed by atoms with Crippen LogP contribution in [0.5, 0.6) is 5.75 Å². The number of imide groups is 1. The Bertz CT molecular complexity index is 2240. The molecule has 1 saturated carbocycles. The van der Waals surface area contributed by atoms with Gasteiger partial charge in [-0.3, -0.25) is 29.7 Å². The van der Waals surface area contributed by atoms with E-state index in [2.05, 4.69) is 72.1 Å². The number of hydrogen-bond acceptors (Lipinski definition) is 11. The van der Waals surface area contributed by atoms with Gasteiger partial charge in [-0.2, -0.15) is 5.10 Å². The molecule has 2 aliphatic carbocycles. The molecule has 2 amide bonds. The Balaban J connectivity index is 0.683. The first-order chi connectivity index (χ1) is 28.7. The van der Waals surface area contributed by atoms with Gasteiger partial charge in [0.25, 0.3) is 0 Å². The van der Waals surface area contributed by atoms with E-state index in [1.54, 1.807) is 6.33 Å². The van der Waals surface area contributed by atoms with Gasteiger partial charge in [-0.15, -0.1) is 0 Å². The van der Waals surface area contributed by atoms with Crippen LogP contribution in [0.1, 0.15) is 81.1 Å². The number of rotatable bonds is 10. The fraction of sp³-hybridized carbons (Fsp3) is 0.565. The number of likely N-dealkylation sites (tertiary alicyclic amines) is 1. The normalized spacial score (nSPS) is 25.7. The number of aromatic nitrogens is 4. The second kappa shape index (κ2) is 15.6. The first kappa shape index (κ1) is 38.3. The Labute approximate surface area is 346 Å². The van der Waals surface area contributed by atoms with Crippen molar-refractivity contribution in [3.8, 4) is 17.1 Å². The maximum Gasteiger partial charge on any atom is 0.230 e. The summed E-state index contributed by atoms with van der Waals surface area (Å²) in [5.74, 6) is 1.99. The number of piperidine rings is 3. The Kier molecular flexibility index (Phi) is 10.1. The lowest BCUT2D eigenvalue weighted by molar-refractivity contribution is -0.137. The van der Waals surface area contributed by atoms with Gasteiger partial charge in [-0.1, -0.05) is 12.1 Å². The number of H-pyrrole nitrogens is 1. The topological polar surface area (TPSA) is 140 Å². The minimum atomic E-state index is -0.422. The molecule has 310 valence electrons. The number of amides is 2. The molecule has 4 saturated heterocycles. The molecule has 6 aliphatic rings. The van der Waals surface area contributed by atoms with Crippen LogP contribution in [0, 0.1) is 23.7 Å². The summed E-state index contributed by atoms with van der Waals surface area (Å²) in [6, 6.07) is 14.7. The Morgan fingerprint density at radius 2 is 1.64 bits per heavy atom. The van der Waals surface area contributed by atoms with E-state index >= 15 is 0 Å². The summed E-state index contributed by atoms with van der Waals surface area (Å²) in [6.07, 6.45) is 10.0. The number of hydrogen-bond donors (Lipinski definition) is 2. The van der Waals surface area contributed by atoms with E-state index in [9.17, 15) is 14.4 Å². The number of nitrogens with one attached hydrogen (secondary N) is 2. The summed E-state index contributed by atoms with van der Waals surface area (Å²) in [5, 5.41) is 11.3. The lowest BCUT2D eigenvalue weighted by Gasteiger charge is -2.43. The molecule has 3 atom stereocenters. The van der Waals surface area contributed by atoms with Crippen molar-refractivity contribution in [2.75, 3.05) is 68.7 Å². The molecule has 4 aromatic rings. The first-order valence-electron chi connectivity index (χ1n) is 22.1. The zero-order valence-electron chi connectivity index (χ0n) is 34.5. The highest BCUT2D eigenvalue weighted by molar-refractivity contribution is 6.08. The van der Waals surface area contributed by atoms with Gasteiger partial charge in [0.15, 0.2) is 5.78 Å². The number of ketones is 1. The van der Waals surface area contributed by atoms with Crippen molar-refractivity contribution in [1.29, 1.82) is 0 Å². The van der Waals surface area contributed by atoms with Gasteiger partial charge >= 0.3 is 0 Å². The van der Waals surface area contributed by atoms with E-state index in [4.69, 9.17) is 9.72 Å². The molecule has 0 bridgehead atoms. The van der Waals surface area contributed by atoms with E-state index in [-0.39, 0.29) is 29.1 Å². The minimum Gasteiger partial charge on any atom is -0.488 e. The van der Waals surface area contributed by atoms with E-state index in [1.807, 2.05) is 24.3 Å². The number of Topliss-reactive ketones (excluding diaryl/α,β-unsaturated/α-hetero) is 1. The number of anilines is 2. The summed E-state index contributed by atoms with van der Waals surface area (Å²) in [4.78, 5) is 57.5. The van der Waals surface area contributed by atoms with Gasteiger partial charge in [0, 0.05) is 92.8 Å². The molecule has 2 aromatic carbocycles. The third kappa shape index (κ3) is 7.83. The zero-order valence-corrected chi connectivity index (χ0v) is 34.5. The molecule has 2 aromatic heterocycles. The Morgan fingerprint density at radius 3 is 2.42 bits per heavy atom. The van der Waals surface area contributed by atoms with E-state index < -0.39 is 5.92 Å². The average molecular weight is 800 g/mol. The number of carbonyl (C=O) groups excluding carboxylic acids is 3. The van der Waals surface area contributed by atoms with Gasteiger partial charge in [-0.25, -0.2) is 9.97 Å². The zero-order chi connectivity index (χ0) is 40.3. The van der Waals surface area contributed by atoms with Crippen molar-refractivity contribution in [2.24, 2.45) is 23.7 Å². The third-order valence-electron chi connectivity index (χ3n) is 14.5. The summed E-state index contributed by atoms with van der Waals surface area (Å²) in [5.41, 5.74) is 5.62. The molecular formula is C46H57N9O4. The highest BCUT2D eigenvalue weighted by atomic mass is 16.5. The number of aromatic amines is 1. The SMILES string of the molecule is C[C@H]1CN(c2cc(-c3[nH]nc4ccc(OC5(C)CC5)cc34)ncn2)CCN1CC1CCN(CC2CCN(c3cccc4c3CC(C3CCC(=O)NC3=O)C4=O)CC2)CC1. The highest BCUT2D eigenvalue weighted by Gasteiger charge is 2.43. The average Bonchev–Trinajstić information content (AvgIpc) is 3.66. The maximum atomic E-state index is 13.5. The van der Waals surface area contributed by atoms with Crippen molar-refractivity contribution in [3.63, 3.8) is 0 Å². The molecule has 2 N–H and O–H groups in total. The standard InChI is InChI=1S/C46H57N9O4/c1-29-25-55(41-24-39(47-28-48-41)43-37-22-32(59-46(2)14-15-46)6-8-38(37)50-51-43)21-20-54(29)27-31-10-16-52(17-11-31)26-30-12-18-53(19-13-30)40-5-3-4-33-35(40)23-36(44(33)57)34-7-9-42(56)49-45(34)58/h3-6,8,22,24,28-31,34,36H,7,9-21,23,25-27H2,1-2H3,(H,50,51)(H,49,56,58)/t29-,34?,36?/m0/s1. The monoisotopic (exact) mass is 799 g/mol. The van der Waals surface area contributed by atoms with Crippen LogP contribution in [0.25, 0.3) is 22.3 Å². The summed E-state index contributed by atoms with van der Waals surface area (Å²) in [7, 11) is 0. The molecule has 6 heterocycles. The molecule has 0 radical (unpaired) electrons. The lowest BCUT2D eigenvalue weighted by atomic mass is 9.83. The number of fused-ring (bicyclic) bond motifs is 2. The van der Waals surface area contributed by atoms with Gasteiger partial charge < -0.3 is 19.4 Å². The third-order valence-corrected chi connectivity index (χ3v) is 14.5. The molecule has 5 fully saturated rings. The Hall–Kier alpha value is -4.88. The number of carbonyl (C=O) groups is 3. The van der Waals surface area contributed by atoms with Gasteiger partial charge in [0.1, 0.15) is 23.5 Å². The van der Waals surface area contributed by atoms with E-state index in [0.717, 1.165) is 122 Å². The largest absolute Gasteiger partial charge is 0.488 e. The van der Waals surface area contributed by atoms with Crippen LogP contribution in [0.2, 0.25) is 0 Å². The van der Waals surface area contributed by atoms with Crippen molar-refractivity contribution in [1.82, 2.24) is 35.3 Å². The molecule has 59 heavy (non-hydrogen) atoms. The number of ether oxygens (including phenoxy) is 1. The van der Waals surface area contributed by atoms with Crippen molar-refractivity contribution in [2.45, 2.75) is 83.3 Å². The molecule has 2 unspecified atom stereocenters. The highest BCUT2D eigenvalue weighted by Crippen LogP contribution is 2.42. The van der Waals surface area contributed by atoms with Crippen LogP contribution in [0.4, 0.5) is 11.5 Å².